The molecule has 0 spiro atoms. The van der Waals surface area contributed by atoms with Gasteiger partial charge in [0.05, 0.1) is 13.2 Å². The molecule has 1 aliphatic heterocycles. The lowest BCUT2D eigenvalue weighted by molar-refractivity contribution is -0.173. The van der Waals surface area contributed by atoms with Crippen LogP contribution in [-0.4, -0.2) is 31.3 Å². The molecule has 0 aromatic rings. The van der Waals surface area contributed by atoms with Crippen LogP contribution in [0.15, 0.2) is 0 Å². The minimum Gasteiger partial charge on any atom is -0.456 e. The van der Waals surface area contributed by atoms with E-state index in [2.05, 4.69) is 0 Å². The second kappa shape index (κ2) is 4.42. The van der Waals surface area contributed by atoms with Crippen LogP contribution in [0.2, 0.25) is 0 Å². The van der Waals surface area contributed by atoms with E-state index in [1.165, 1.54) is 0 Å². The number of carbonyl (C=O) groups is 1. The van der Waals surface area contributed by atoms with E-state index >= 15 is 0 Å². The van der Waals surface area contributed by atoms with Crippen molar-refractivity contribution in [1.82, 2.24) is 0 Å². The third-order valence-corrected chi connectivity index (χ3v) is 1.79. The summed E-state index contributed by atoms with van der Waals surface area (Å²) in [4.78, 5) is 11.1. The van der Waals surface area contributed by atoms with Crippen molar-refractivity contribution in [3.63, 3.8) is 0 Å². The summed E-state index contributed by atoms with van der Waals surface area (Å²) < 4.78 is 9.87. The van der Waals surface area contributed by atoms with E-state index in [9.17, 15) is 4.79 Å². The average molecular weight is 173 g/mol. The molecule has 1 heterocycles. The normalized spacial score (nSPS) is 19.8. The van der Waals surface area contributed by atoms with Gasteiger partial charge in [-0.15, -0.1) is 0 Å². The minimum absolute atomic E-state index is 0.0552. The van der Waals surface area contributed by atoms with E-state index in [1.807, 2.05) is 6.92 Å². The van der Waals surface area contributed by atoms with Crippen LogP contribution in [0.1, 0.15) is 19.8 Å². The van der Waals surface area contributed by atoms with Crippen molar-refractivity contribution in [1.29, 1.82) is 0 Å². The molecule has 2 N–H and O–H groups in total. The molecule has 4 nitrogen and oxygen atoms in total. The molecule has 0 bridgehead atoms. The highest BCUT2D eigenvalue weighted by Gasteiger charge is 2.25. The highest BCUT2D eigenvalue weighted by molar-refractivity contribution is 5.75. The summed E-state index contributed by atoms with van der Waals surface area (Å²) in [5.41, 5.74) is 5.54. The fourth-order valence-electron chi connectivity index (χ4n) is 0.963. The Labute approximate surface area is 72.0 Å². The maximum Gasteiger partial charge on any atom is 0.323 e. The number of esters is 1. The topological polar surface area (TPSA) is 61.6 Å². The smallest absolute Gasteiger partial charge is 0.323 e. The number of hydrogen-bond acceptors (Lipinski definition) is 4. The Morgan fingerprint density at radius 2 is 2.42 bits per heavy atom. The van der Waals surface area contributed by atoms with Crippen LogP contribution < -0.4 is 5.73 Å². The van der Waals surface area contributed by atoms with E-state index in [-0.39, 0.29) is 12.1 Å². The Morgan fingerprint density at radius 3 is 2.83 bits per heavy atom. The summed E-state index contributed by atoms with van der Waals surface area (Å²) in [6.07, 6.45) is 1.53. The van der Waals surface area contributed by atoms with Gasteiger partial charge in [-0.05, 0) is 6.42 Å². The maximum atomic E-state index is 11.1. The predicted octanol–water partition coefficient (Wildman–Crippen LogP) is 0.0558. The van der Waals surface area contributed by atoms with Crippen molar-refractivity contribution in [3.8, 4) is 0 Å². The van der Waals surface area contributed by atoms with Gasteiger partial charge in [-0.2, -0.15) is 0 Å². The van der Waals surface area contributed by atoms with Crippen LogP contribution in [0.3, 0.4) is 0 Å². The third kappa shape index (κ3) is 2.46. The fourth-order valence-corrected chi connectivity index (χ4v) is 0.963. The molecule has 70 valence electrons. The van der Waals surface area contributed by atoms with Crippen molar-refractivity contribution in [3.05, 3.63) is 0 Å². The molecule has 1 aliphatic rings. The monoisotopic (exact) mass is 173 g/mol. The molecule has 12 heavy (non-hydrogen) atoms. The zero-order valence-corrected chi connectivity index (χ0v) is 7.29. The van der Waals surface area contributed by atoms with E-state index in [0.29, 0.717) is 19.6 Å². The van der Waals surface area contributed by atoms with Crippen LogP contribution in [0, 0.1) is 0 Å². The lowest BCUT2D eigenvalue weighted by Crippen LogP contribution is -2.42. The third-order valence-electron chi connectivity index (χ3n) is 1.79. The van der Waals surface area contributed by atoms with Crippen LogP contribution in [0.4, 0.5) is 0 Å². The van der Waals surface area contributed by atoms with Gasteiger partial charge < -0.3 is 15.2 Å². The van der Waals surface area contributed by atoms with Gasteiger partial charge >= 0.3 is 5.97 Å². The minimum atomic E-state index is -0.462. The zero-order chi connectivity index (χ0) is 8.97. The largest absolute Gasteiger partial charge is 0.456 e. The van der Waals surface area contributed by atoms with Gasteiger partial charge in [-0.25, -0.2) is 0 Å². The molecule has 4 heteroatoms. The summed E-state index contributed by atoms with van der Waals surface area (Å²) >= 11 is 0. The Balaban J connectivity index is 2.16. The van der Waals surface area contributed by atoms with E-state index in [4.69, 9.17) is 15.2 Å². The Morgan fingerprint density at radius 1 is 1.75 bits per heavy atom. The van der Waals surface area contributed by atoms with Gasteiger partial charge in [0.15, 0.2) is 0 Å². The first kappa shape index (κ1) is 9.48. The first-order valence-corrected chi connectivity index (χ1v) is 4.28. The molecule has 1 atom stereocenters. The second-order valence-electron chi connectivity index (χ2n) is 2.99. The molecular weight excluding hydrogens is 158 g/mol. The average Bonchev–Trinajstić information content (AvgIpc) is 1.97. The molecule has 1 saturated heterocycles. The van der Waals surface area contributed by atoms with E-state index in [1.54, 1.807) is 0 Å². The second-order valence-corrected chi connectivity index (χ2v) is 2.99. The van der Waals surface area contributed by atoms with Gasteiger partial charge in [0.1, 0.15) is 12.1 Å². The summed E-state index contributed by atoms with van der Waals surface area (Å²) in [5, 5.41) is 0. The van der Waals surface area contributed by atoms with Gasteiger partial charge in [-0.3, -0.25) is 4.79 Å². The quantitative estimate of drug-likeness (QED) is 0.610. The first-order chi connectivity index (χ1) is 5.74. The van der Waals surface area contributed by atoms with Crippen molar-refractivity contribution in [2.24, 2.45) is 5.73 Å². The van der Waals surface area contributed by atoms with Crippen LogP contribution in [0.5, 0.6) is 0 Å². The predicted molar refractivity (Wildman–Crippen MR) is 43.6 cm³/mol. The molecule has 0 saturated carbocycles. The van der Waals surface area contributed by atoms with Gasteiger partial charge in [0.25, 0.3) is 0 Å². The van der Waals surface area contributed by atoms with Gasteiger partial charge in [0.2, 0.25) is 0 Å². The van der Waals surface area contributed by atoms with Gasteiger partial charge in [-0.1, -0.05) is 13.3 Å². The van der Waals surface area contributed by atoms with Crippen LogP contribution in [-0.2, 0) is 14.3 Å². The lowest BCUT2D eigenvalue weighted by Gasteiger charge is -2.26. The zero-order valence-electron chi connectivity index (χ0n) is 7.29. The van der Waals surface area contributed by atoms with Crippen molar-refractivity contribution >= 4 is 5.97 Å². The molecule has 1 rings (SSSR count). The standard InChI is InChI=1S/C8H15NO3/c1-2-3-7(9)8(10)12-6-4-11-5-6/h6-7H,2-5,9H2,1H3. The molecule has 0 amide bonds. The Hall–Kier alpha value is -0.610. The first-order valence-electron chi connectivity index (χ1n) is 4.28. The van der Waals surface area contributed by atoms with Crippen LogP contribution >= 0.6 is 0 Å². The number of hydrogen-bond donors (Lipinski definition) is 1. The molecule has 0 aromatic carbocycles. The van der Waals surface area contributed by atoms with Crippen molar-refractivity contribution in [2.45, 2.75) is 31.9 Å². The Bertz CT molecular complexity index is 156. The fraction of sp³-hybridized carbons (Fsp3) is 0.875. The van der Waals surface area contributed by atoms with Crippen molar-refractivity contribution in [2.75, 3.05) is 13.2 Å². The van der Waals surface area contributed by atoms with Crippen LogP contribution in [0.25, 0.3) is 0 Å². The highest BCUT2D eigenvalue weighted by Crippen LogP contribution is 2.07. The summed E-state index contributed by atoms with van der Waals surface area (Å²) in [5.74, 6) is -0.301. The molecule has 1 unspecified atom stereocenters. The number of carbonyl (C=O) groups excluding carboxylic acids is 1. The highest BCUT2D eigenvalue weighted by atomic mass is 16.6. The molecule has 0 aliphatic carbocycles. The lowest BCUT2D eigenvalue weighted by atomic mass is 10.2. The SMILES string of the molecule is CCCC(N)C(=O)OC1COC1. The molecule has 1 fully saturated rings. The number of nitrogens with two attached hydrogens (primary N) is 1. The van der Waals surface area contributed by atoms with E-state index < -0.39 is 6.04 Å². The summed E-state index contributed by atoms with van der Waals surface area (Å²) in [6, 6.07) is -0.462. The summed E-state index contributed by atoms with van der Waals surface area (Å²) in [7, 11) is 0. The Kier molecular flexibility index (Phi) is 3.49. The molecule has 0 radical (unpaired) electrons. The number of rotatable bonds is 4. The van der Waals surface area contributed by atoms with Gasteiger partial charge in [0, 0.05) is 0 Å². The molecular formula is C8H15NO3. The maximum absolute atomic E-state index is 11.1. The number of ether oxygens (including phenoxy) is 2. The van der Waals surface area contributed by atoms with E-state index in [0.717, 1.165) is 6.42 Å². The summed E-state index contributed by atoms with van der Waals surface area (Å²) in [6.45, 7) is 3.02. The molecule has 0 aromatic heterocycles. The van der Waals surface area contributed by atoms with Crippen molar-refractivity contribution < 1.29 is 14.3 Å².